The van der Waals surface area contributed by atoms with Gasteiger partial charge in [-0.1, -0.05) is 31.2 Å². The summed E-state index contributed by atoms with van der Waals surface area (Å²) in [7, 11) is 0. The van der Waals surface area contributed by atoms with E-state index >= 15 is 0 Å². The molecule has 0 amide bonds. The van der Waals surface area contributed by atoms with Gasteiger partial charge in [-0.05, 0) is 70.7 Å². The molecule has 182 valence electrons. The van der Waals surface area contributed by atoms with Crippen LogP contribution in [-0.4, -0.2) is 43.5 Å². The molecule has 3 rings (SSSR count). The first-order valence-electron chi connectivity index (χ1n) is 12.7. The van der Waals surface area contributed by atoms with Gasteiger partial charge in [0.25, 0.3) is 0 Å². The van der Waals surface area contributed by atoms with E-state index in [4.69, 9.17) is 0 Å². The van der Waals surface area contributed by atoms with Crippen LogP contribution in [0.5, 0.6) is 0 Å². The van der Waals surface area contributed by atoms with Gasteiger partial charge in [-0.25, -0.2) is 0 Å². The first-order chi connectivity index (χ1) is 16.4. The van der Waals surface area contributed by atoms with Crippen LogP contribution in [0.4, 0.5) is 11.4 Å². The van der Waals surface area contributed by atoms with Crippen molar-refractivity contribution in [2.24, 2.45) is 17.8 Å². The summed E-state index contributed by atoms with van der Waals surface area (Å²) in [5.74, 6) is -1.99. The van der Waals surface area contributed by atoms with Gasteiger partial charge in [0.15, 0.2) is 17.3 Å². The number of anilines is 2. The van der Waals surface area contributed by atoms with Crippen LogP contribution in [0.2, 0.25) is 0 Å². The quantitative estimate of drug-likeness (QED) is 0.336. The van der Waals surface area contributed by atoms with Gasteiger partial charge in [-0.15, -0.1) is 0 Å². The summed E-state index contributed by atoms with van der Waals surface area (Å²) in [5, 5.41) is 0. The molecule has 2 atom stereocenters. The zero-order valence-electron chi connectivity index (χ0n) is 21.2. The molecule has 0 saturated heterocycles. The zero-order valence-corrected chi connectivity index (χ0v) is 21.2. The summed E-state index contributed by atoms with van der Waals surface area (Å²) >= 11 is 0. The first-order valence-corrected chi connectivity index (χ1v) is 12.7. The Bertz CT molecular complexity index is 944. The number of ketones is 3. The monoisotopic (exact) mass is 462 g/mol. The second-order valence-corrected chi connectivity index (χ2v) is 9.19. The normalized spacial score (nSPS) is 20.1. The van der Waals surface area contributed by atoms with E-state index in [9.17, 15) is 14.4 Å². The van der Waals surface area contributed by atoms with E-state index < -0.39 is 11.8 Å². The number of carbonyl (C=O) groups is 3. The van der Waals surface area contributed by atoms with Crippen molar-refractivity contribution < 1.29 is 14.4 Å². The third kappa shape index (κ3) is 5.08. The number of nitrogens with zero attached hydrogens (tertiary/aromatic N) is 2. The number of para-hydroxylation sites is 2. The third-order valence-electron chi connectivity index (χ3n) is 7.14. The van der Waals surface area contributed by atoms with E-state index in [-0.39, 0.29) is 23.3 Å². The van der Waals surface area contributed by atoms with E-state index in [0.717, 1.165) is 37.6 Å². The van der Waals surface area contributed by atoms with Crippen molar-refractivity contribution in [1.82, 2.24) is 0 Å². The molecule has 0 spiro atoms. The molecular weight excluding hydrogens is 424 g/mol. The molecule has 34 heavy (non-hydrogen) atoms. The Morgan fingerprint density at radius 1 is 0.706 bits per heavy atom. The van der Waals surface area contributed by atoms with Crippen LogP contribution >= 0.6 is 0 Å². The second kappa shape index (κ2) is 11.5. The van der Waals surface area contributed by atoms with E-state index in [1.165, 1.54) is 0 Å². The number of carbonyl (C=O) groups excluding carboxylic acids is 3. The largest absolute Gasteiger partial charge is 0.372 e. The smallest absolute Gasteiger partial charge is 0.175 e. The Kier molecular flexibility index (Phi) is 8.65. The van der Waals surface area contributed by atoms with Crippen molar-refractivity contribution in [1.29, 1.82) is 0 Å². The highest BCUT2D eigenvalue weighted by atomic mass is 16.2. The van der Waals surface area contributed by atoms with Crippen LogP contribution in [0, 0.1) is 17.8 Å². The van der Waals surface area contributed by atoms with Crippen LogP contribution < -0.4 is 9.80 Å². The van der Waals surface area contributed by atoms with Crippen LogP contribution in [0.3, 0.4) is 0 Å². The Morgan fingerprint density at radius 2 is 1.06 bits per heavy atom. The van der Waals surface area contributed by atoms with Crippen molar-refractivity contribution >= 4 is 28.7 Å². The predicted octanol–water partition coefficient (Wildman–Crippen LogP) is 5.68. The Labute approximate surface area is 204 Å². The van der Waals surface area contributed by atoms with E-state index in [1.807, 2.05) is 55.5 Å². The lowest BCUT2D eigenvalue weighted by molar-refractivity contribution is -0.126. The standard InChI is InChI=1S/C29H38N2O3/c1-6-30(7-2)25-16-12-10-14-21(25)27(32)23-18-20(5)19-24(29(23)34)28(33)22-15-11-13-17-26(22)31(8-3)9-4/h10-17,20,23-24H,6-9,18-19H2,1-5H3. The molecule has 2 unspecified atom stereocenters. The van der Waals surface area contributed by atoms with Gasteiger partial charge in [0.2, 0.25) is 0 Å². The highest BCUT2D eigenvalue weighted by Gasteiger charge is 2.43. The fraction of sp³-hybridized carbons (Fsp3) is 0.483. The lowest BCUT2D eigenvalue weighted by Crippen LogP contribution is -2.41. The minimum atomic E-state index is -0.782. The summed E-state index contributed by atoms with van der Waals surface area (Å²) in [4.78, 5) is 45.4. The van der Waals surface area contributed by atoms with Crippen LogP contribution in [0.25, 0.3) is 0 Å². The lowest BCUT2D eigenvalue weighted by atomic mass is 9.70. The molecule has 0 bridgehead atoms. The van der Waals surface area contributed by atoms with Gasteiger partial charge in [-0.2, -0.15) is 0 Å². The summed E-state index contributed by atoms with van der Waals surface area (Å²) in [6.07, 6.45) is 0.984. The second-order valence-electron chi connectivity index (χ2n) is 9.19. The summed E-state index contributed by atoms with van der Waals surface area (Å²) in [6, 6.07) is 15.1. The number of benzene rings is 2. The number of rotatable bonds is 10. The SMILES string of the molecule is CCN(CC)c1ccccc1C(=O)C1CC(C)CC(C(=O)c2ccccc2N(CC)CC)C1=O. The van der Waals surface area contributed by atoms with E-state index in [0.29, 0.717) is 24.0 Å². The molecular formula is C29H38N2O3. The predicted molar refractivity (Wildman–Crippen MR) is 139 cm³/mol. The highest BCUT2D eigenvalue weighted by molar-refractivity contribution is 6.21. The van der Waals surface area contributed by atoms with Gasteiger partial charge >= 0.3 is 0 Å². The Hall–Kier alpha value is -2.95. The molecule has 0 aromatic heterocycles. The maximum Gasteiger partial charge on any atom is 0.175 e. The average Bonchev–Trinajstić information content (AvgIpc) is 2.86. The van der Waals surface area contributed by atoms with Gasteiger partial charge < -0.3 is 9.80 Å². The fourth-order valence-electron chi connectivity index (χ4n) is 5.27. The molecule has 2 aromatic carbocycles. The lowest BCUT2D eigenvalue weighted by Gasteiger charge is -2.32. The van der Waals surface area contributed by atoms with Crippen LogP contribution in [0.1, 0.15) is 68.2 Å². The van der Waals surface area contributed by atoms with Crippen molar-refractivity contribution in [3.05, 3.63) is 59.7 Å². The molecule has 0 heterocycles. The maximum absolute atomic E-state index is 13.7. The summed E-state index contributed by atoms with van der Waals surface area (Å²) in [6.45, 7) is 13.4. The number of hydrogen-bond acceptors (Lipinski definition) is 5. The van der Waals surface area contributed by atoms with Gasteiger partial charge in [0.1, 0.15) is 0 Å². The molecule has 0 aliphatic heterocycles. The molecule has 0 N–H and O–H groups in total. The minimum absolute atomic E-state index is 0.113. The van der Waals surface area contributed by atoms with E-state index in [2.05, 4.69) is 37.5 Å². The molecule has 5 heteroatoms. The topological polar surface area (TPSA) is 57.7 Å². The molecule has 1 aliphatic carbocycles. The fourth-order valence-corrected chi connectivity index (χ4v) is 5.27. The van der Waals surface area contributed by atoms with Crippen molar-refractivity contribution in [3.8, 4) is 0 Å². The minimum Gasteiger partial charge on any atom is -0.372 e. The third-order valence-corrected chi connectivity index (χ3v) is 7.14. The van der Waals surface area contributed by atoms with Crippen molar-refractivity contribution in [2.75, 3.05) is 36.0 Å². The average molecular weight is 463 g/mol. The van der Waals surface area contributed by atoms with E-state index in [1.54, 1.807) is 0 Å². The number of hydrogen-bond donors (Lipinski definition) is 0. The Morgan fingerprint density at radius 3 is 1.41 bits per heavy atom. The Balaban J connectivity index is 1.95. The maximum atomic E-state index is 13.7. The first kappa shape index (κ1) is 25.7. The van der Waals surface area contributed by atoms with Crippen molar-refractivity contribution in [2.45, 2.75) is 47.5 Å². The summed E-state index contributed by atoms with van der Waals surface area (Å²) < 4.78 is 0. The summed E-state index contributed by atoms with van der Waals surface area (Å²) in [5.41, 5.74) is 2.87. The molecule has 1 aliphatic rings. The highest BCUT2D eigenvalue weighted by Crippen LogP contribution is 2.37. The number of Topliss-reactive ketones (excluding diaryl/α,β-unsaturated/α-hetero) is 3. The molecule has 0 radical (unpaired) electrons. The van der Waals surface area contributed by atoms with Gasteiger partial charge in [0, 0.05) is 48.7 Å². The zero-order chi connectivity index (χ0) is 24.8. The van der Waals surface area contributed by atoms with Gasteiger partial charge in [-0.3, -0.25) is 14.4 Å². The molecule has 5 nitrogen and oxygen atoms in total. The van der Waals surface area contributed by atoms with Crippen LogP contribution in [-0.2, 0) is 4.79 Å². The molecule has 1 saturated carbocycles. The molecule has 1 fully saturated rings. The van der Waals surface area contributed by atoms with Gasteiger partial charge in [0.05, 0.1) is 11.8 Å². The van der Waals surface area contributed by atoms with Crippen molar-refractivity contribution in [3.63, 3.8) is 0 Å². The van der Waals surface area contributed by atoms with Crippen LogP contribution in [0.15, 0.2) is 48.5 Å². The molecule has 2 aromatic rings.